The Kier molecular flexibility index (Phi) is 4.53. The lowest BCUT2D eigenvalue weighted by molar-refractivity contribution is 0.623. The highest BCUT2D eigenvalue weighted by Gasteiger charge is 2.07. The van der Waals surface area contributed by atoms with Crippen molar-refractivity contribution in [3.8, 4) is 0 Å². The summed E-state index contributed by atoms with van der Waals surface area (Å²) in [6, 6.07) is 4.41. The number of hydrogen-bond acceptors (Lipinski definition) is 1. The van der Waals surface area contributed by atoms with E-state index in [2.05, 4.69) is 0 Å². The van der Waals surface area contributed by atoms with Crippen LogP contribution in [0.4, 0.5) is 4.39 Å². The summed E-state index contributed by atoms with van der Waals surface area (Å²) in [5, 5.41) is 0.127. The van der Waals surface area contributed by atoms with Gasteiger partial charge < -0.3 is 5.73 Å². The molecule has 1 atom stereocenters. The number of benzene rings is 1. The fourth-order valence-electron chi connectivity index (χ4n) is 0.872. The van der Waals surface area contributed by atoms with Crippen molar-refractivity contribution in [2.45, 2.75) is 13.0 Å². The lowest BCUT2D eigenvalue weighted by Gasteiger charge is -2.07. The molecule has 1 rings (SSSR count). The zero-order chi connectivity index (χ0) is 8.43. The maximum Gasteiger partial charge on any atom is 0.142 e. The van der Waals surface area contributed by atoms with E-state index in [1.54, 1.807) is 19.1 Å². The zero-order valence-corrected chi connectivity index (χ0v) is 8.12. The Morgan fingerprint density at radius 3 is 2.50 bits per heavy atom. The second kappa shape index (κ2) is 4.65. The maximum atomic E-state index is 12.8. The molecular weight excluding hydrogens is 200 g/mol. The molecule has 0 fully saturated rings. The Hall–Kier alpha value is -0.310. The molecule has 0 unspecified atom stereocenters. The summed E-state index contributed by atoms with van der Waals surface area (Å²) in [4.78, 5) is 0. The van der Waals surface area contributed by atoms with Crippen molar-refractivity contribution in [3.05, 3.63) is 34.6 Å². The molecule has 0 bridgehead atoms. The normalized spacial score (nSPS) is 12.0. The van der Waals surface area contributed by atoms with Crippen molar-refractivity contribution < 1.29 is 4.39 Å². The number of nitrogens with two attached hydrogens (primary N) is 1. The third-order valence-corrected chi connectivity index (χ3v) is 1.87. The van der Waals surface area contributed by atoms with Crippen molar-refractivity contribution in [2.75, 3.05) is 0 Å². The van der Waals surface area contributed by atoms with E-state index in [0.29, 0.717) is 5.56 Å². The van der Waals surface area contributed by atoms with Crippen LogP contribution in [-0.4, -0.2) is 0 Å². The van der Waals surface area contributed by atoms with Gasteiger partial charge in [0.2, 0.25) is 0 Å². The summed E-state index contributed by atoms with van der Waals surface area (Å²) in [7, 11) is 0. The monoisotopic (exact) mass is 209 g/mol. The molecule has 0 aliphatic rings. The minimum absolute atomic E-state index is 0. The quantitative estimate of drug-likeness (QED) is 0.757. The van der Waals surface area contributed by atoms with Gasteiger partial charge in [0.05, 0.1) is 5.02 Å². The van der Waals surface area contributed by atoms with Crippen LogP contribution < -0.4 is 5.73 Å². The molecule has 0 spiro atoms. The molecule has 0 aromatic heterocycles. The van der Waals surface area contributed by atoms with Crippen LogP contribution in [0.1, 0.15) is 18.5 Å². The summed E-state index contributed by atoms with van der Waals surface area (Å²) in [6.45, 7) is 1.76. The molecule has 68 valence electrons. The first-order valence-electron chi connectivity index (χ1n) is 3.32. The lowest BCUT2D eigenvalue weighted by Crippen LogP contribution is -2.05. The second-order valence-corrected chi connectivity index (χ2v) is 2.81. The van der Waals surface area contributed by atoms with Gasteiger partial charge in [-0.3, -0.25) is 0 Å². The molecule has 0 radical (unpaired) electrons. The van der Waals surface area contributed by atoms with Crippen LogP contribution in [0.15, 0.2) is 18.2 Å². The van der Waals surface area contributed by atoms with Gasteiger partial charge in [-0.1, -0.05) is 23.7 Å². The smallest absolute Gasteiger partial charge is 0.142 e. The molecule has 0 amide bonds. The molecule has 0 saturated heterocycles. The highest BCUT2D eigenvalue weighted by molar-refractivity contribution is 6.31. The molecule has 12 heavy (non-hydrogen) atoms. The Bertz CT molecular complexity index is 263. The molecule has 0 saturated carbocycles. The minimum Gasteiger partial charge on any atom is -0.324 e. The molecule has 1 nitrogen and oxygen atoms in total. The van der Waals surface area contributed by atoms with E-state index in [1.807, 2.05) is 0 Å². The van der Waals surface area contributed by atoms with E-state index in [0.717, 1.165) is 0 Å². The molecule has 1 aromatic carbocycles. The molecule has 0 aliphatic heterocycles. The van der Waals surface area contributed by atoms with Crippen LogP contribution in [0.25, 0.3) is 0 Å². The van der Waals surface area contributed by atoms with Gasteiger partial charge in [-0.15, -0.1) is 12.4 Å². The van der Waals surface area contributed by atoms with E-state index in [4.69, 9.17) is 17.3 Å². The third kappa shape index (κ3) is 2.34. The zero-order valence-electron chi connectivity index (χ0n) is 6.55. The van der Waals surface area contributed by atoms with E-state index in [1.165, 1.54) is 6.07 Å². The molecule has 2 N–H and O–H groups in total. The summed E-state index contributed by atoms with van der Waals surface area (Å²) < 4.78 is 12.8. The van der Waals surface area contributed by atoms with Crippen molar-refractivity contribution in [2.24, 2.45) is 5.73 Å². The van der Waals surface area contributed by atoms with Gasteiger partial charge in [0, 0.05) is 6.04 Å². The Morgan fingerprint density at radius 1 is 1.50 bits per heavy atom. The van der Waals surface area contributed by atoms with E-state index >= 15 is 0 Å². The van der Waals surface area contributed by atoms with Crippen molar-refractivity contribution in [1.29, 1.82) is 0 Å². The fraction of sp³-hybridized carbons (Fsp3) is 0.250. The minimum atomic E-state index is -0.415. The Morgan fingerprint density at radius 2 is 2.08 bits per heavy atom. The van der Waals surface area contributed by atoms with E-state index < -0.39 is 5.82 Å². The molecule has 0 aliphatic carbocycles. The average molecular weight is 210 g/mol. The van der Waals surface area contributed by atoms with E-state index in [9.17, 15) is 4.39 Å². The number of hydrogen-bond donors (Lipinski definition) is 1. The molecule has 1 aromatic rings. The van der Waals surface area contributed by atoms with Gasteiger partial charge in [0.15, 0.2) is 0 Å². The predicted octanol–water partition coefficient (Wildman–Crippen LogP) is 2.92. The van der Waals surface area contributed by atoms with E-state index in [-0.39, 0.29) is 23.5 Å². The summed E-state index contributed by atoms with van der Waals surface area (Å²) in [5.41, 5.74) is 6.18. The largest absolute Gasteiger partial charge is 0.324 e. The van der Waals surface area contributed by atoms with Gasteiger partial charge in [-0.05, 0) is 18.6 Å². The van der Waals surface area contributed by atoms with Crippen LogP contribution in [0.5, 0.6) is 0 Å². The van der Waals surface area contributed by atoms with Gasteiger partial charge in [-0.2, -0.15) is 0 Å². The number of rotatable bonds is 1. The lowest BCUT2D eigenvalue weighted by atomic mass is 10.1. The first-order chi connectivity index (χ1) is 5.13. The predicted molar refractivity (Wildman–Crippen MR) is 51.3 cm³/mol. The van der Waals surface area contributed by atoms with Crippen LogP contribution in [0.3, 0.4) is 0 Å². The van der Waals surface area contributed by atoms with Crippen LogP contribution in [0.2, 0.25) is 5.02 Å². The summed E-state index contributed by atoms with van der Waals surface area (Å²) in [6.07, 6.45) is 0. The van der Waals surface area contributed by atoms with Crippen molar-refractivity contribution >= 4 is 24.0 Å². The fourth-order valence-corrected chi connectivity index (χ4v) is 1.17. The maximum absolute atomic E-state index is 12.8. The molecular formula is C8H10Cl2FN. The van der Waals surface area contributed by atoms with Gasteiger partial charge in [0.25, 0.3) is 0 Å². The van der Waals surface area contributed by atoms with Crippen LogP contribution in [-0.2, 0) is 0 Å². The average Bonchev–Trinajstić information content (AvgIpc) is 1.94. The highest BCUT2D eigenvalue weighted by Crippen LogP contribution is 2.23. The highest BCUT2D eigenvalue weighted by atomic mass is 35.5. The van der Waals surface area contributed by atoms with Crippen LogP contribution in [0, 0.1) is 5.82 Å². The topological polar surface area (TPSA) is 26.0 Å². The second-order valence-electron chi connectivity index (χ2n) is 2.43. The summed E-state index contributed by atoms with van der Waals surface area (Å²) >= 11 is 5.63. The standard InChI is InChI=1S/C8H9ClFN.ClH/c1-5(11)6-3-2-4-7(10)8(6)9;/h2-5H,11H2,1H3;1H/t5-;/m0./s1. The first-order valence-corrected chi connectivity index (χ1v) is 3.70. The molecule has 4 heteroatoms. The van der Waals surface area contributed by atoms with Gasteiger partial charge in [0.1, 0.15) is 5.82 Å². The Balaban J connectivity index is 0.00000121. The third-order valence-electron chi connectivity index (χ3n) is 1.47. The number of halogens is 3. The Labute approximate surface area is 82.1 Å². The summed E-state index contributed by atoms with van der Waals surface area (Å²) in [5.74, 6) is -0.415. The first kappa shape index (κ1) is 11.7. The van der Waals surface area contributed by atoms with Crippen molar-refractivity contribution in [1.82, 2.24) is 0 Å². The SMILES string of the molecule is C[C@H](N)c1cccc(F)c1Cl.Cl. The van der Waals surface area contributed by atoms with Crippen LogP contribution >= 0.6 is 24.0 Å². The molecule has 0 heterocycles. The van der Waals surface area contributed by atoms with Crippen molar-refractivity contribution in [3.63, 3.8) is 0 Å². The van der Waals surface area contributed by atoms with Gasteiger partial charge >= 0.3 is 0 Å². The van der Waals surface area contributed by atoms with Gasteiger partial charge in [-0.25, -0.2) is 4.39 Å².